The topological polar surface area (TPSA) is 84.8 Å². The summed E-state index contributed by atoms with van der Waals surface area (Å²) in [5.41, 5.74) is 0.894. The first-order valence-corrected chi connectivity index (χ1v) is 9.45. The van der Waals surface area contributed by atoms with E-state index in [0.29, 0.717) is 22.6 Å². The number of nitrogens with zero attached hydrogens (tertiary/aromatic N) is 5. The summed E-state index contributed by atoms with van der Waals surface area (Å²) in [7, 11) is 0. The maximum atomic E-state index is 12.4. The highest BCUT2D eigenvalue weighted by Crippen LogP contribution is 2.41. The summed E-state index contributed by atoms with van der Waals surface area (Å²) < 4.78 is 26.9. The molecular formula is C18H21F2N7S. The number of aromatic amines is 1. The van der Waals surface area contributed by atoms with Gasteiger partial charge in [0, 0.05) is 37.7 Å². The van der Waals surface area contributed by atoms with Crippen molar-refractivity contribution in [2.24, 2.45) is 5.41 Å². The molecule has 0 atom stereocenters. The van der Waals surface area contributed by atoms with E-state index >= 15 is 0 Å². The maximum absolute atomic E-state index is 12.4. The molecule has 2 aromatic rings. The molecule has 0 amide bonds. The van der Waals surface area contributed by atoms with E-state index in [9.17, 15) is 8.78 Å². The second kappa shape index (κ2) is 7.59. The zero-order chi connectivity index (χ0) is 19.7. The van der Waals surface area contributed by atoms with Crippen molar-refractivity contribution in [3.8, 4) is 11.4 Å². The van der Waals surface area contributed by atoms with Crippen molar-refractivity contribution in [2.75, 3.05) is 31.1 Å². The van der Waals surface area contributed by atoms with E-state index in [1.54, 1.807) is 6.20 Å². The first kappa shape index (κ1) is 19.0. The summed E-state index contributed by atoms with van der Waals surface area (Å²) in [6.45, 7) is 3.94. The van der Waals surface area contributed by atoms with E-state index < -0.39 is 12.1 Å². The Labute approximate surface area is 166 Å². The van der Waals surface area contributed by atoms with Crippen molar-refractivity contribution in [3.63, 3.8) is 0 Å². The van der Waals surface area contributed by atoms with Crippen molar-refractivity contribution < 1.29 is 8.78 Å². The van der Waals surface area contributed by atoms with Crippen LogP contribution in [0.25, 0.3) is 17.5 Å². The number of imidazole rings is 1. The Balaban J connectivity index is 1.44. The average Bonchev–Trinajstić information content (AvgIpc) is 3.13. The van der Waals surface area contributed by atoms with Gasteiger partial charge in [0.15, 0.2) is 0 Å². The molecule has 7 nitrogen and oxygen atoms in total. The van der Waals surface area contributed by atoms with Gasteiger partial charge in [-0.1, -0.05) is 12.8 Å². The van der Waals surface area contributed by atoms with E-state index in [4.69, 9.17) is 5.41 Å². The van der Waals surface area contributed by atoms with Gasteiger partial charge < -0.3 is 9.88 Å². The third kappa shape index (κ3) is 3.93. The highest BCUT2D eigenvalue weighted by atomic mass is 32.1. The molecule has 0 aromatic carbocycles. The zero-order valence-corrected chi connectivity index (χ0v) is 16.0. The molecule has 0 bridgehead atoms. The van der Waals surface area contributed by atoms with Crippen LogP contribution in [0.3, 0.4) is 0 Å². The van der Waals surface area contributed by atoms with Gasteiger partial charge >= 0.3 is 0 Å². The summed E-state index contributed by atoms with van der Waals surface area (Å²) in [5, 5.41) is 7.15. The number of alkyl halides is 2. The third-order valence-corrected chi connectivity index (χ3v) is 5.54. The molecule has 0 unspecified atom stereocenters. The number of rotatable bonds is 5. The smallest absolute Gasteiger partial charge is 0.279 e. The predicted octanol–water partition coefficient (Wildman–Crippen LogP) is 2.91. The van der Waals surface area contributed by atoms with Crippen LogP contribution in [0.1, 0.15) is 18.7 Å². The number of thiol groups is 1. The predicted molar refractivity (Wildman–Crippen MR) is 107 cm³/mol. The number of allylic oxidation sites excluding steroid dienone is 1. The summed E-state index contributed by atoms with van der Waals surface area (Å²) >= 11 is 4.50. The number of H-pyrrole nitrogens is 1. The van der Waals surface area contributed by atoms with Crippen LogP contribution in [0.2, 0.25) is 0 Å². The minimum atomic E-state index is -2.80. The van der Waals surface area contributed by atoms with E-state index in [-0.39, 0.29) is 0 Å². The number of piperidine rings is 1. The second-order valence-corrected chi connectivity index (χ2v) is 7.95. The van der Waals surface area contributed by atoms with Gasteiger partial charge in [0.1, 0.15) is 18.0 Å². The zero-order valence-electron chi connectivity index (χ0n) is 15.1. The molecule has 148 valence electrons. The van der Waals surface area contributed by atoms with Crippen molar-refractivity contribution >= 4 is 30.4 Å². The lowest BCUT2D eigenvalue weighted by Gasteiger charge is -2.54. The van der Waals surface area contributed by atoms with Gasteiger partial charge in [0.25, 0.3) is 6.43 Å². The van der Waals surface area contributed by atoms with Crippen LogP contribution in [0, 0.1) is 10.8 Å². The van der Waals surface area contributed by atoms with Crippen molar-refractivity contribution in [1.82, 2.24) is 24.2 Å². The molecule has 4 heterocycles. The van der Waals surface area contributed by atoms with Crippen LogP contribution in [0.15, 0.2) is 24.7 Å². The minimum Gasteiger partial charge on any atom is -0.355 e. The maximum Gasteiger partial charge on any atom is 0.279 e. The van der Waals surface area contributed by atoms with Crippen molar-refractivity contribution in [2.45, 2.75) is 19.3 Å². The van der Waals surface area contributed by atoms with Gasteiger partial charge in [0.2, 0.25) is 0 Å². The SMILES string of the molecule is N=C(/C=C\c1ncc(-c2cc(N3CC4(CCCN(S)C4)C3)ncn2)[nH]1)C(F)F. The van der Waals surface area contributed by atoms with Crippen LogP contribution in [-0.4, -0.2) is 62.6 Å². The Morgan fingerprint density at radius 1 is 1.29 bits per heavy atom. The lowest BCUT2D eigenvalue weighted by Crippen LogP contribution is -2.62. The molecule has 0 radical (unpaired) electrons. The number of aromatic nitrogens is 4. The molecule has 2 saturated heterocycles. The van der Waals surface area contributed by atoms with E-state index in [0.717, 1.165) is 38.1 Å². The number of nitrogens with one attached hydrogen (secondary N) is 2. The summed E-state index contributed by atoms with van der Waals surface area (Å²) in [5.74, 6) is 1.25. The summed E-state index contributed by atoms with van der Waals surface area (Å²) in [6.07, 6.45) is 5.08. The molecule has 2 aliphatic heterocycles. The molecule has 1 spiro atoms. The molecule has 10 heteroatoms. The Morgan fingerprint density at radius 3 is 2.86 bits per heavy atom. The van der Waals surface area contributed by atoms with Gasteiger partial charge in [-0.25, -0.2) is 23.7 Å². The van der Waals surface area contributed by atoms with Gasteiger partial charge in [0.05, 0.1) is 23.3 Å². The van der Waals surface area contributed by atoms with E-state index in [2.05, 4.69) is 42.0 Å². The van der Waals surface area contributed by atoms with Crippen molar-refractivity contribution in [1.29, 1.82) is 5.41 Å². The summed E-state index contributed by atoms with van der Waals surface area (Å²) in [6, 6.07) is 1.90. The fraction of sp³-hybridized carbons (Fsp3) is 0.444. The summed E-state index contributed by atoms with van der Waals surface area (Å²) in [4.78, 5) is 18.1. The first-order chi connectivity index (χ1) is 13.4. The lowest BCUT2D eigenvalue weighted by atomic mass is 9.74. The molecule has 4 rings (SSSR count). The molecule has 0 saturated carbocycles. The Kier molecular flexibility index (Phi) is 5.15. The van der Waals surface area contributed by atoms with Crippen molar-refractivity contribution in [3.05, 3.63) is 30.5 Å². The Morgan fingerprint density at radius 2 is 2.11 bits per heavy atom. The van der Waals surface area contributed by atoms with Crippen LogP contribution < -0.4 is 4.90 Å². The van der Waals surface area contributed by atoms with Gasteiger partial charge in [-0.2, -0.15) is 0 Å². The molecule has 2 aliphatic rings. The third-order valence-electron chi connectivity index (χ3n) is 5.20. The van der Waals surface area contributed by atoms with E-state index in [1.165, 1.54) is 25.2 Å². The lowest BCUT2D eigenvalue weighted by molar-refractivity contribution is 0.115. The monoisotopic (exact) mass is 405 g/mol. The standard InChI is InChI=1S/C18H21F2N7S/c19-17(20)12(21)2-3-15-22-7-14(25-15)13-6-16(24-11-23-13)26-8-18(9-26)4-1-5-27(28)10-18/h2-3,6-7,11,17,21,28H,1,4-5,8-10H2,(H,22,25)/b3-2-,21-12?. The largest absolute Gasteiger partial charge is 0.355 e. The van der Waals surface area contributed by atoms with Gasteiger partial charge in [-0.05, 0) is 25.0 Å². The molecule has 0 aliphatic carbocycles. The fourth-order valence-electron chi connectivity index (χ4n) is 3.83. The fourth-order valence-corrected chi connectivity index (χ4v) is 4.27. The second-order valence-electron chi connectivity index (χ2n) is 7.38. The minimum absolute atomic E-state index is 0.298. The number of hydrogen-bond acceptors (Lipinski definition) is 7. The average molecular weight is 405 g/mol. The molecule has 2 fully saturated rings. The quantitative estimate of drug-likeness (QED) is 0.526. The molecule has 28 heavy (non-hydrogen) atoms. The van der Waals surface area contributed by atoms with Crippen LogP contribution >= 0.6 is 12.8 Å². The number of halogens is 2. The number of anilines is 1. The first-order valence-electron chi connectivity index (χ1n) is 9.05. The molecular weight excluding hydrogens is 384 g/mol. The van der Waals surface area contributed by atoms with Crippen LogP contribution in [-0.2, 0) is 0 Å². The number of hydrogen-bond donors (Lipinski definition) is 3. The van der Waals surface area contributed by atoms with Crippen LogP contribution in [0.5, 0.6) is 0 Å². The van der Waals surface area contributed by atoms with E-state index in [1.807, 2.05) is 6.07 Å². The normalized spacial score (nSPS) is 19.5. The van der Waals surface area contributed by atoms with Gasteiger partial charge in [-0.3, -0.25) is 9.71 Å². The highest BCUT2D eigenvalue weighted by molar-refractivity contribution is 7.77. The Hall–Kier alpha value is -2.33. The van der Waals surface area contributed by atoms with Gasteiger partial charge in [-0.15, -0.1) is 0 Å². The highest BCUT2D eigenvalue weighted by Gasteiger charge is 2.45. The molecule has 2 N–H and O–H groups in total. The Bertz CT molecular complexity index is 892. The molecule has 2 aromatic heterocycles. The van der Waals surface area contributed by atoms with Crippen LogP contribution in [0.4, 0.5) is 14.6 Å².